The van der Waals surface area contributed by atoms with Gasteiger partial charge in [-0.05, 0) is 33.1 Å². The van der Waals surface area contributed by atoms with Crippen molar-refractivity contribution in [1.29, 1.82) is 0 Å². The van der Waals surface area contributed by atoms with E-state index in [9.17, 15) is 4.79 Å². The van der Waals surface area contributed by atoms with Crippen molar-refractivity contribution in [3.05, 3.63) is 0 Å². The Hall–Kier alpha value is -0.900. The van der Waals surface area contributed by atoms with Crippen LogP contribution in [0, 0.1) is 0 Å². The molecule has 1 fully saturated rings. The van der Waals surface area contributed by atoms with E-state index >= 15 is 0 Å². The first-order chi connectivity index (χ1) is 6.50. The number of nitrogens with zero attached hydrogens (tertiary/aromatic N) is 1. The van der Waals surface area contributed by atoms with Gasteiger partial charge in [-0.25, -0.2) is 0 Å². The second-order valence-electron chi connectivity index (χ2n) is 4.53. The highest BCUT2D eigenvalue weighted by molar-refractivity contribution is 6.11. The van der Waals surface area contributed by atoms with Crippen molar-refractivity contribution in [2.24, 2.45) is 4.99 Å². The Morgan fingerprint density at radius 2 is 2.07 bits per heavy atom. The van der Waals surface area contributed by atoms with Gasteiger partial charge in [0.05, 0.1) is 0 Å². The molecule has 0 bridgehead atoms. The summed E-state index contributed by atoms with van der Waals surface area (Å²) in [6.45, 7) is 3.63. The average molecular weight is 196 g/mol. The first-order valence-electron chi connectivity index (χ1n) is 4.97. The van der Waals surface area contributed by atoms with E-state index in [4.69, 9.17) is 4.74 Å². The number of carbonyl (C=O) groups is 1. The van der Waals surface area contributed by atoms with Gasteiger partial charge in [-0.3, -0.25) is 9.79 Å². The molecule has 1 amide bonds. The van der Waals surface area contributed by atoms with Crippen LogP contribution in [0.4, 0.5) is 0 Å². The van der Waals surface area contributed by atoms with Crippen molar-refractivity contribution in [2.45, 2.75) is 44.2 Å². The number of nitrogens with one attached hydrogen (secondary N) is 1. The Kier molecular flexibility index (Phi) is 1.93. The number of amides is 1. The quantitative estimate of drug-likeness (QED) is 0.712. The van der Waals surface area contributed by atoms with E-state index in [1.807, 2.05) is 13.8 Å². The molecule has 1 aliphatic carbocycles. The molecule has 14 heavy (non-hydrogen) atoms. The zero-order valence-electron chi connectivity index (χ0n) is 8.89. The number of hydrogen-bond acceptors (Lipinski definition) is 3. The number of carbonyl (C=O) groups excluding carboxylic acids is 1. The predicted molar refractivity (Wildman–Crippen MR) is 53.2 cm³/mol. The molecule has 1 heterocycles. The van der Waals surface area contributed by atoms with Gasteiger partial charge in [-0.2, -0.15) is 0 Å². The summed E-state index contributed by atoms with van der Waals surface area (Å²) in [4.78, 5) is 15.9. The molecule has 78 valence electrons. The normalized spacial score (nSPS) is 27.9. The van der Waals surface area contributed by atoms with Gasteiger partial charge in [-0.1, -0.05) is 0 Å². The number of ether oxygens (including phenoxy) is 1. The molecule has 1 aliphatic heterocycles. The van der Waals surface area contributed by atoms with Crippen molar-refractivity contribution < 1.29 is 9.53 Å². The van der Waals surface area contributed by atoms with Gasteiger partial charge in [0.1, 0.15) is 17.0 Å². The Labute approximate surface area is 83.7 Å². The summed E-state index contributed by atoms with van der Waals surface area (Å²) in [5.41, 5.74) is -0.931. The minimum Gasteiger partial charge on any atom is -0.370 e. The van der Waals surface area contributed by atoms with Gasteiger partial charge in [-0.15, -0.1) is 0 Å². The fourth-order valence-electron chi connectivity index (χ4n) is 1.87. The van der Waals surface area contributed by atoms with E-state index in [0.29, 0.717) is 0 Å². The van der Waals surface area contributed by atoms with Gasteiger partial charge in [0.2, 0.25) is 0 Å². The molecule has 0 aromatic heterocycles. The summed E-state index contributed by atoms with van der Waals surface area (Å²) in [7, 11) is 1.68. The van der Waals surface area contributed by atoms with Gasteiger partial charge >= 0.3 is 0 Å². The van der Waals surface area contributed by atoms with Gasteiger partial charge in [0.25, 0.3) is 5.91 Å². The molecule has 0 spiro atoms. The molecule has 0 atom stereocenters. The fourth-order valence-corrected chi connectivity index (χ4v) is 1.87. The minimum absolute atomic E-state index is 0.0316. The topological polar surface area (TPSA) is 50.7 Å². The van der Waals surface area contributed by atoms with Gasteiger partial charge < -0.3 is 10.1 Å². The lowest BCUT2D eigenvalue weighted by Crippen LogP contribution is -2.52. The third kappa shape index (κ3) is 1.17. The van der Waals surface area contributed by atoms with Gasteiger partial charge in [0, 0.05) is 7.11 Å². The molecule has 1 N–H and O–H groups in total. The van der Waals surface area contributed by atoms with E-state index < -0.39 is 5.54 Å². The number of hydrogen-bond donors (Lipinski definition) is 1. The van der Waals surface area contributed by atoms with E-state index in [0.717, 1.165) is 25.1 Å². The molecule has 1 saturated carbocycles. The zero-order valence-corrected chi connectivity index (χ0v) is 8.89. The monoisotopic (exact) mass is 196 g/mol. The third-order valence-electron chi connectivity index (χ3n) is 3.16. The minimum atomic E-state index is -0.629. The SMILES string of the molecule is COC1(C2=NC(C)(C)C(=O)N2)CCC1. The van der Waals surface area contributed by atoms with Crippen LogP contribution in [0.15, 0.2) is 4.99 Å². The summed E-state index contributed by atoms with van der Waals surface area (Å²) in [5, 5.41) is 2.82. The molecular weight excluding hydrogens is 180 g/mol. The molecule has 2 rings (SSSR count). The van der Waals surface area contributed by atoms with Crippen LogP contribution < -0.4 is 5.32 Å². The van der Waals surface area contributed by atoms with Crippen molar-refractivity contribution in [1.82, 2.24) is 5.32 Å². The lowest BCUT2D eigenvalue weighted by atomic mass is 9.79. The van der Waals surface area contributed by atoms with Crippen LogP contribution in [0.2, 0.25) is 0 Å². The van der Waals surface area contributed by atoms with Crippen LogP contribution in [-0.4, -0.2) is 30.0 Å². The fraction of sp³-hybridized carbons (Fsp3) is 0.800. The highest BCUT2D eigenvalue weighted by Gasteiger charge is 2.48. The molecular formula is C10H16N2O2. The van der Waals surface area contributed by atoms with Crippen LogP contribution >= 0.6 is 0 Å². The molecule has 2 aliphatic rings. The predicted octanol–water partition coefficient (Wildman–Crippen LogP) is 0.862. The maximum Gasteiger partial charge on any atom is 0.252 e. The second-order valence-corrected chi connectivity index (χ2v) is 4.53. The van der Waals surface area contributed by atoms with E-state index in [-0.39, 0.29) is 11.5 Å². The van der Waals surface area contributed by atoms with Crippen LogP contribution in [-0.2, 0) is 9.53 Å². The van der Waals surface area contributed by atoms with E-state index in [2.05, 4.69) is 10.3 Å². The summed E-state index contributed by atoms with van der Waals surface area (Å²) >= 11 is 0. The lowest BCUT2D eigenvalue weighted by molar-refractivity contribution is -0.122. The van der Waals surface area contributed by atoms with Crippen LogP contribution in [0.3, 0.4) is 0 Å². The number of methoxy groups -OCH3 is 1. The Balaban J connectivity index is 2.25. The molecule has 0 unspecified atom stereocenters. The average Bonchev–Trinajstić information content (AvgIpc) is 2.25. The highest BCUT2D eigenvalue weighted by Crippen LogP contribution is 2.37. The van der Waals surface area contributed by atoms with Crippen molar-refractivity contribution in [3.63, 3.8) is 0 Å². The lowest BCUT2D eigenvalue weighted by Gasteiger charge is -2.39. The van der Waals surface area contributed by atoms with Crippen molar-refractivity contribution >= 4 is 11.7 Å². The number of rotatable bonds is 2. The van der Waals surface area contributed by atoms with E-state index in [1.165, 1.54) is 0 Å². The van der Waals surface area contributed by atoms with Crippen molar-refractivity contribution in [2.75, 3.05) is 7.11 Å². The third-order valence-corrected chi connectivity index (χ3v) is 3.16. The molecule has 4 nitrogen and oxygen atoms in total. The summed E-state index contributed by atoms with van der Waals surface area (Å²) in [5.74, 6) is 0.692. The maximum atomic E-state index is 11.5. The Morgan fingerprint density at radius 3 is 2.36 bits per heavy atom. The number of amidine groups is 1. The summed E-state index contributed by atoms with van der Waals surface area (Å²) in [6.07, 6.45) is 3.06. The smallest absolute Gasteiger partial charge is 0.252 e. The first kappa shape index (κ1) is 9.65. The highest BCUT2D eigenvalue weighted by atomic mass is 16.5. The zero-order chi connectivity index (χ0) is 10.4. The van der Waals surface area contributed by atoms with Crippen LogP contribution in [0.1, 0.15) is 33.1 Å². The molecule has 0 radical (unpaired) electrons. The summed E-state index contributed by atoms with van der Waals surface area (Å²) in [6, 6.07) is 0. The molecule has 0 saturated heterocycles. The largest absolute Gasteiger partial charge is 0.370 e. The molecule has 4 heteroatoms. The summed E-state index contributed by atoms with van der Waals surface area (Å²) < 4.78 is 5.45. The molecule has 0 aromatic rings. The number of aliphatic imine (C=N–C) groups is 1. The van der Waals surface area contributed by atoms with Crippen LogP contribution in [0.25, 0.3) is 0 Å². The molecule has 0 aromatic carbocycles. The Bertz CT molecular complexity index is 298. The van der Waals surface area contributed by atoms with E-state index in [1.54, 1.807) is 7.11 Å². The van der Waals surface area contributed by atoms with Gasteiger partial charge in [0.15, 0.2) is 0 Å². The Morgan fingerprint density at radius 1 is 1.43 bits per heavy atom. The second kappa shape index (κ2) is 2.79. The maximum absolute atomic E-state index is 11.5. The van der Waals surface area contributed by atoms with Crippen LogP contribution in [0.5, 0.6) is 0 Å². The first-order valence-corrected chi connectivity index (χ1v) is 4.97. The van der Waals surface area contributed by atoms with Crippen molar-refractivity contribution in [3.8, 4) is 0 Å². The standard InChI is InChI=1S/C10H16N2O2/c1-9(2)8(13)11-7(12-9)10(14-3)5-4-6-10/h4-6H2,1-3H3,(H,11,12,13).